The molecule has 2 heterocycles. The molecule has 11 nitrogen and oxygen atoms in total. The van der Waals surface area contributed by atoms with E-state index in [9.17, 15) is 35.4 Å². The lowest BCUT2D eigenvalue weighted by atomic mass is 9.99. The number of benzene rings is 2. The first-order chi connectivity index (χ1) is 15.7. The SMILES string of the molecule is COc1cc(-c2cc(=O)c3c(O[C@@H]4O[C@@H](CO)[C@@H](O)[C@H](O)[C@H]4O)cc(O)cc3o2)ccc1O. The molecule has 0 saturated carbocycles. The van der Waals surface area contributed by atoms with Gasteiger partial charge in [-0.25, -0.2) is 0 Å². The number of hydrogen-bond donors (Lipinski definition) is 6. The average molecular weight is 462 g/mol. The normalized spacial score (nSPS) is 25.2. The van der Waals surface area contributed by atoms with Gasteiger partial charge in [-0.1, -0.05) is 0 Å². The second-order valence-corrected chi connectivity index (χ2v) is 7.49. The maximum atomic E-state index is 13.0. The van der Waals surface area contributed by atoms with Gasteiger partial charge in [0.15, 0.2) is 16.9 Å². The third kappa shape index (κ3) is 4.19. The Labute approximate surface area is 186 Å². The molecule has 1 aromatic heterocycles. The lowest BCUT2D eigenvalue weighted by Gasteiger charge is -2.39. The van der Waals surface area contributed by atoms with Crippen molar-refractivity contribution in [3.05, 3.63) is 46.6 Å². The molecule has 5 atom stereocenters. The summed E-state index contributed by atoms with van der Waals surface area (Å²) in [6.45, 7) is -0.660. The van der Waals surface area contributed by atoms with E-state index >= 15 is 0 Å². The molecule has 0 aliphatic carbocycles. The van der Waals surface area contributed by atoms with E-state index in [1.807, 2.05) is 0 Å². The highest BCUT2D eigenvalue weighted by Crippen LogP contribution is 2.35. The maximum absolute atomic E-state index is 13.0. The van der Waals surface area contributed by atoms with Crippen molar-refractivity contribution in [3.8, 4) is 34.3 Å². The van der Waals surface area contributed by atoms with Crippen LogP contribution in [0.15, 0.2) is 45.6 Å². The number of rotatable bonds is 5. The molecule has 33 heavy (non-hydrogen) atoms. The molecule has 1 aliphatic rings. The van der Waals surface area contributed by atoms with Gasteiger partial charge in [-0.2, -0.15) is 0 Å². The number of ether oxygens (including phenoxy) is 3. The highest BCUT2D eigenvalue weighted by Gasteiger charge is 2.45. The first-order valence-corrected chi connectivity index (χ1v) is 9.89. The summed E-state index contributed by atoms with van der Waals surface area (Å²) in [7, 11) is 1.37. The molecule has 0 unspecified atom stereocenters. The molecule has 176 valence electrons. The number of hydrogen-bond acceptors (Lipinski definition) is 11. The Morgan fingerprint density at radius 2 is 1.73 bits per heavy atom. The number of methoxy groups -OCH3 is 1. The number of phenols is 2. The van der Waals surface area contributed by atoms with Gasteiger partial charge in [0.25, 0.3) is 0 Å². The molecule has 1 aliphatic heterocycles. The van der Waals surface area contributed by atoms with E-state index in [0.717, 1.165) is 6.07 Å². The molecule has 0 bridgehead atoms. The van der Waals surface area contributed by atoms with Crippen LogP contribution in [0.2, 0.25) is 0 Å². The van der Waals surface area contributed by atoms with E-state index in [1.165, 1.54) is 37.4 Å². The molecule has 2 aromatic carbocycles. The summed E-state index contributed by atoms with van der Waals surface area (Å²) in [5.74, 6) is -0.353. The summed E-state index contributed by atoms with van der Waals surface area (Å²) in [4.78, 5) is 13.0. The summed E-state index contributed by atoms with van der Waals surface area (Å²) in [5, 5.41) is 59.3. The smallest absolute Gasteiger partial charge is 0.229 e. The van der Waals surface area contributed by atoms with Crippen molar-refractivity contribution >= 4 is 11.0 Å². The Morgan fingerprint density at radius 1 is 0.970 bits per heavy atom. The molecular formula is C22H22O11. The van der Waals surface area contributed by atoms with Crippen LogP contribution in [0.5, 0.6) is 23.0 Å². The van der Waals surface area contributed by atoms with Crippen molar-refractivity contribution < 1.29 is 49.3 Å². The fraction of sp³-hybridized carbons (Fsp3) is 0.318. The molecule has 1 fully saturated rings. The summed E-state index contributed by atoms with van der Waals surface area (Å²) >= 11 is 0. The molecule has 4 rings (SSSR count). The van der Waals surface area contributed by atoms with Gasteiger partial charge >= 0.3 is 0 Å². The van der Waals surface area contributed by atoms with Crippen LogP contribution in [0.25, 0.3) is 22.3 Å². The second kappa shape index (κ2) is 8.89. The van der Waals surface area contributed by atoms with Crippen LogP contribution >= 0.6 is 0 Å². The van der Waals surface area contributed by atoms with Crippen molar-refractivity contribution in [1.82, 2.24) is 0 Å². The van der Waals surface area contributed by atoms with Crippen molar-refractivity contribution in [1.29, 1.82) is 0 Å². The van der Waals surface area contributed by atoms with Gasteiger partial charge in [-0.05, 0) is 18.2 Å². The van der Waals surface area contributed by atoms with Crippen LogP contribution < -0.4 is 14.9 Å². The predicted octanol–water partition coefficient (Wildman–Crippen LogP) is 0.0585. The standard InChI is InChI=1S/C22H22O11/c1-30-14-4-9(2-3-11(14)25)13-7-12(26)18-15(31-13)5-10(24)6-16(18)32-22-21(29)20(28)19(27)17(8-23)33-22/h2-7,17,19-25,27-29H,8H2,1H3/t17-,19+,20-,21+,22+/m0/s1. The zero-order valence-corrected chi connectivity index (χ0v) is 17.3. The average Bonchev–Trinajstić information content (AvgIpc) is 2.79. The van der Waals surface area contributed by atoms with Crippen molar-refractivity contribution in [3.63, 3.8) is 0 Å². The molecular weight excluding hydrogens is 440 g/mol. The Kier molecular flexibility index (Phi) is 6.15. The Bertz CT molecular complexity index is 1220. The molecule has 11 heteroatoms. The summed E-state index contributed by atoms with van der Waals surface area (Å²) < 4.78 is 21.7. The fourth-order valence-corrected chi connectivity index (χ4v) is 3.59. The van der Waals surface area contributed by atoms with Gasteiger partial charge in [-0.15, -0.1) is 0 Å². The molecule has 3 aromatic rings. The number of aromatic hydroxyl groups is 2. The van der Waals surface area contributed by atoms with Crippen LogP contribution in [-0.2, 0) is 4.74 Å². The van der Waals surface area contributed by atoms with Crippen molar-refractivity contribution in [2.24, 2.45) is 0 Å². The molecule has 1 saturated heterocycles. The van der Waals surface area contributed by atoms with E-state index in [4.69, 9.17) is 18.6 Å². The first-order valence-electron chi connectivity index (χ1n) is 9.89. The minimum absolute atomic E-state index is 0.0517. The van der Waals surface area contributed by atoms with E-state index in [0.29, 0.717) is 5.56 Å². The fourth-order valence-electron chi connectivity index (χ4n) is 3.59. The Morgan fingerprint density at radius 3 is 2.42 bits per heavy atom. The van der Waals surface area contributed by atoms with Crippen LogP contribution in [0.4, 0.5) is 0 Å². The van der Waals surface area contributed by atoms with Crippen LogP contribution in [0.3, 0.4) is 0 Å². The zero-order chi connectivity index (χ0) is 23.9. The number of phenolic OH excluding ortho intramolecular Hbond substituents is 2. The maximum Gasteiger partial charge on any atom is 0.229 e. The number of aliphatic hydroxyl groups excluding tert-OH is 4. The van der Waals surface area contributed by atoms with Gasteiger partial charge in [0.1, 0.15) is 52.6 Å². The highest BCUT2D eigenvalue weighted by molar-refractivity contribution is 5.86. The lowest BCUT2D eigenvalue weighted by molar-refractivity contribution is -0.277. The van der Waals surface area contributed by atoms with Gasteiger partial charge in [0.2, 0.25) is 6.29 Å². The Balaban J connectivity index is 1.76. The number of aliphatic hydroxyl groups is 4. The monoisotopic (exact) mass is 462 g/mol. The van der Waals surface area contributed by atoms with E-state index < -0.39 is 42.7 Å². The summed E-state index contributed by atoms with van der Waals surface area (Å²) in [5.41, 5.74) is -0.189. The van der Waals surface area contributed by atoms with Gasteiger partial charge in [0, 0.05) is 23.8 Å². The van der Waals surface area contributed by atoms with Crippen LogP contribution in [-0.4, -0.2) is 75.1 Å². The third-order valence-electron chi connectivity index (χ3n) is 5.34. The molecule has 0 amide bonds. The van der Waals surface area contributed by atoms with E-state index in [1.54, 1.807) is 0 Å². The van der Waals surface area contributed by atoms with Crippen molar-refractivity contribution in [2.75, 3.05) is 13.7 Å². The van der Waals surface area contributed by atoms with Crippen molar-refractivity contribution in [2.45, 2.75) is 30.7 Å². The molecule has 0 spiro atoms. The minimum atomic E-state index is -1.71. The first kappa shape index (κ1) is 22.8. The van der Waals surface area contributed by atoms with Gasteiger partial charge in [0.05, 0.1) is 13.7 Å². The quantitative estimate of drug-likeness (QED) is 0.302. The Hall–Kier alpha value is -3.35. The molecule has 6 N–H and O–H groups in total. The van der Waals surface area contributed by atoms with E-state index in [2.05, 4.69) is 0 Å². The van der Waals surface area contributed by atoms with E-state index in [-0.39, 0.29) is 39.7 Å². The van der Waals surface area contributed by atoms with Gasteiger partial charge in [-0.3, -0.25) is 4.79 Å². The summed E-state index contributed by atoms with van der Waals surface area (Å²) in [6.07, 6.45) is -7.76. The largest absolute Gasteiger partial charge is 0.508 e. The van der Waals surface area contributed by atoms with Crippen LogP contribution in [0, 0.1) is 0 Å². The number of fused-ring (bicyclic) bond motifs is 1. The minimum Gasteiger partial charge on any atom is -0.508 e. The lowest BCUT2D eigenvalue weighted by Crippen LogP contribution is -2.60. The third-order valence-corrected chi connectivity index (χ3v) is 5.34. The topological polar surface area (TPSA) is 179 Å². The second-order valence-electron chi connectivity index (χ2n) is 7.49. The molecule has 0 radical (unpaired) electrons. The summed E-state index contributed by atoms with van der Waals surface area (Å²) in [6, 6.07) is 7.81. The predicted molar refractivity (Wildman–Crippen MR) is 112 cm³/mol. The van der Waals surface area contributed by atoms with Crippen LogP contribution in [0.1, 0.15) is 0 Å². The zero-order valence-electron chi connectivity index (χ0n) is 17.3. The van der Waals surface area contributed by atoms with Gasteiger partial charge < -0.3 is 49.3 Å². The highest BCUT2D eigenvalue weighted by atomic mass is 16.7.